The maximum atomic E-state index is 13.5. The van der Waals surface area contributed by atoms with Crippen LogP contribution < -0.4 is 14.4 Å². The molecule has 1 aliphatic heterocycles. The monoisotopic (exact) mass is 430 g/mol. The standard InChI is InChI=1S/C25H22N2O5/c1-31-21-13-7-3-9-17(21)15-26(20-12-6-8-14-22(20)32-2)23(28)16-27-24(29)18-10-4-5-11-19(18)25(27)30/h3-14H,15-16H2,1-2H3. The van der Waals surface area contributed by atoms with Gasteiger partial charge in [0.1, 0.15) is 18.0 Å². The summed E-state index contributed by atoms with van der Waals surface area (Å²) in [5, 5.41) is 0. The van der Waals surface area contributed by atoms with Gasteiger partial charge in [0.25, 0.3) is 11.8 Å². The number of nitrogens with zero attached hydrogens (tertiary/aromatic N) is 2. The number of anilines is 1. The van der Waals surface area contributed by atoms with Gasteiger partial charge < -0.3 is 14.4 Å². The predicted molar refractivity (Wildman–Crippen MR) is 119 cm³/mol. The fourth-order valence-electron chi connectivity index (χ4n) is 3.77. The van der Waals surface area contributed by atoms with Gasteiger partial charge >= 0.3 is 0 Å². The molecule has 0 bridgehead atoms. The largest absolute Gasteiger partial charge is 0.496 e. The molecule has 0 N–H and O–H groups in total. The molecular formula is C25H22N2O5. The van der Waals surface area contributed by atoms with Crippen molar-refractivity contribution in [2.24, 2.45) is 0 Å². The Hall–Kier alpha value is -4.13. The van der Waals surface area contributed by atoms with Crippen LogP contribution in [0.25, 0.3) is 0 Å². The average molecular weight is 430 g/mol. The van der Waals surface area contributed by atoms with Gasteiger partial charge in [0, 0.05) is 5.56 Å². The Bertz CT molecular complexity index is 1160. The summed E-state index contributed by atoms with van der Waals surface area (Å²) in [6.07, 6.45) is 0. The number of methoxy groups -OCH3 is 2. The van der Waals surface area contributed by atoms with Crippen LogP contribution in [0, 0.1) is 0 Å². The van der Waals surface area contributed by atoms with E-state index in [-0.39, 0.29) is 13.1 Å². The molecule has 4 rings (SSSR count). The van der Waals surface area contributed by atoms with Crippen LogP contribution in [0.4, 0.5) is 5.69 Å². The topological polar surface area (TPSA) is 76.2 Å². The van der Waals surface area contributed by atoms with Crippen LogP contribution in [0.5, 0.6) is 11.5 Å². The van der Waals surface area contributed by atoms with Crippen LogP contribution in [0.2, 0.25) is 0 Å². The van der Waals surface area contributed by atoms with Crippen LogP contribution in [-0.2, 0) is 11.3 Å². The minimum absolute atomic E-state index is 0.173. The molecule has 7 nitrogen and oxygen atoms in total. The molecule has 0 aromatic heterocycles. The van der Waals surface area contributed by atoms with E-state index >= 15 is 0 Å². The Morgan fingerprint density at radius 3 is 1.94 bits per heavy atom. The van der Waals surface area contributed by atoms with Gasteiger partial charge in [-0.2, -0.15) is 0 Å². The summed E-state index contributed by atoms with van der Waals surface area (Å²) in [4.78, 5) is 41.5. The van der Waals surface area contributed by atoms with E-state index < -0.39 is 17.7 Å². The van der Waals surface area contributed by atoms with Gasteiger partial charge in [-0.15, -0.1) is 0 Å². The molecular weight excluding hydrogens is 408 g/mol. The molecule has 3 amide bonds. The number of imide groups is 1. The van der Waals surface area contributed by atoms with E-state index in [1.54, 1.807) is 55.6 Å². The smallest absolute Gasteiger partial charge is 0.262 e. The molecule has 0 fully saturated rings. The number of ether oxygens (including phenoxy) is 2. The second-order valence-electron chi connectivity index (χ2n) is 7.21. The second-order valence-corrected chi connectivity index (χ2v) is 7.21. The predicted octanol–water partition coefficient (Wildman–Crippen LogP) is 3.53. The number of para-hydroxylation sites is 3. The van der Waals surface area contributed by atoms with E-state index in [0.717, 1.165) is 10.5 Å². The molecule has 3 aromatic carbocycles. The van der Waals surface area contributed by atoms with E-state index in [1.807, 2.05) is 24.3 Å². The third kappa shape index (κ3) is 3.80. The minimum Gasteiger partial charge on any atom is -0.496 e. The highest BCUT2D eigenvalue weighted by molar-refractivity contribution is 6.22. The number of carbonyl (C=O) groups is 3. The number of hydrogen-bond acceptors (Lipinski definition) is 5. The highest BCUT2D eigenvalue weighted by atomic mass is 16.5. The molecule has 1 aliphatic rings. The van der Waals surface area contributed by atoms with Crippen LogP contribution >= 0.6 is 0 Å². The third-order valence-corrected chi connectivity index (χ3v) is 5.37. The van der Waals surface area contributed by atoms with Crippen LogP contribution in [-0.4, -0.2) is 43.4 Å². The lowest BCUT2D eigenvalue weighted by molar-refractivity contribution is -0.119. The number of benzene rings is 3. The Morgan fingerprint density at radius 2 is 1.31 bits per heavy atom. The summed E-state index contributed by atoms with van der Waals surface area (Å²) in [6, 6.07) is 21.0. The fraction of sp³-hybridized carbons (Fsp3) is 0.160. The van der Waals surface area contributed by atoms with Gasteiger partial charge in [-0.05, 0) is 30.3 Å². The number of amides is 3. The van der Waals surface area contributed by atoms with Crippen molar-refractivity contribution in [3.05, 3.63) is 89.5 Å². The van der Waals surface area contributed by atoms with Gasteiger partial charge in [0.2, 0.25) is 5.91 Å². The molecule has 0 radical (unpaired) electrons. The maximum absolute atomic E-state index is 13.5. The molecule has 0 atom stereocenters. The molecule has 3 aromatic rings. The summed E-state index contributed by atoms with van der Waals surface area (Å²) in [5.74, 6) is -0.249. The van der Waals surface area contributed by atoms with E-state index in [4.69, 9.17) is 9.47 Å². The van der Waals surface area contributed by atoms with Gasteiger partial charge in [-0.3, -0.25) is 19.3 Å². The van der Waals surface area contributed by atoms with Crippen molar-refractivity contribution in [2.45, 2.75) is 6.54 Å². The van der Waals surface area contributed by atoms with Crippen molar-refractivity contribution >= 4 is 23.4 Å². The van der Waals surface area contributed by atoms with Crippen LogP contribution in [0.3, 0.4) is 0 Å². The van der Waals surface area contributed by atoms with Crippen molar-refractivity contribution < 1.29 is 23.9 Å². The zero-order chi connectivity index (χ0) is 22.7. The Kier molecular flexibility index (Phi) is 5.89. The molecule has 1 heterocycles. The average Bonchev–Trinajstić information content (AvgIpc) is 3.07. The van der Waals surface area contributed by atoms with Crippen LogP contribution in [0.15, 0.2) is 72.8 Å². The summed E-state index contributed by atoms with van der Waals surface area (Å²) in [6.45, 7) is -0.216. The Labute approximate surface area is 185 Å². The van der Waals surface area contributed by atoms with Gasteiger partial charge in [0.05, 0.1) is 37.6 Å². The van der Waals surface area contributed by atoms with Crippen molar-refractivity contribution in [1.82, 2.24) is 4.90 Å². The minimum atomic E-state index is -0.476. The molecule has 0 aliphatic carbocycles. The lowest BCUT2D eigenvalue weighted by atomic mass is 10.1. The Balaban J connectivity index is 1.68. The number of fused-ring (bicyclic) bond motifs is 1. The summed E-state index contributed by atoms with van der Waals surface area (Å²) < 4.78 is 10.9. The first-order chi connectivity index (χ1) is 15.5. The van der Waals surface area contributed by atoms with Gasteiger partial charge in [-0.25, -0.2) is 0 Å². The molecule has 0 spiro atoms. The lowest BCUT2D eigenvalue weighted by Gasteiger charge is -2.27. The molecule has 32 heavy (non-hydrogen) atoms. The number of rotatable bonds is 7. The van der Waals surface area contributed by atoms with E-state index in [0.29, 0.717) is 28.3 Å². The number of carbonyl (C=O) groups excluding carboxylic acids is 3. The SMILES string of the molecule is COc1ccccc1CN(C(=O)CN1C(=O)c2ccccc2C1=O)c1ccccc1OC. The zero-order valence-electron chi connectivity index (χ0n) is 17.8. The highest BCUT2D eigenvalue weighted by Crippen LogP contribution is 2.31. The maximum Gasteiger partial charge on any atom is 0.262 e. The van der Waals surface area contributed by atoms with Crippen molar-refractivity contribution in [1.29, 1.82) is 0 Å². The van der Waals surface area contributed by atoms with Crippen LogP contribution in [0.1, 0.15) is 26.3 Å². The first-order valence-electron chi connectivity index (χ1n) is 10.1. The second kappa shape index (κ2) is 8.93. The lowest BCUT2D eigenvalue weighted by Crippen LogP contribution is -2.42. The van der Waals surface area contributed by atoms with Crippen molar-refractivity contribution in [2.75, 3.05) is 25.7 Å². The summed E-state index contributed by atoms with van der Waals surface area (Å²) >= 11 is 0. The molecule has 0 saturated heterocycles. The van der Waals surface area contributed by atoms with E-state index in [9.17, 15) is 14.4 Å². The first kappa shape index (κ1) is 21.1. The molecule has 162 valence electrons. The molecule has 0 unspecified atom stereocenters. The highest BCUT2D eigenvalue weighted by Gasteiger charge is 2.37. The van der Waals surface area contributed by atoms with Crippen molar-refractivity contribution in [3.8, 4) is 11.5 Å². The van der Waals surface area contributed by atoms with E-state index in [2.05, 4.69) is 0 Å². The number of hydrogen-bond donors (Lipinski definition) is 0. The van der Waals surface area contributed by atoms with Gasteiger partial charge in [-0.1, -0.05) is 42.5 Å². The normalized spacial score (nSPS) is 12.5. The first-order valence-corrected chi connectivity index (χ1v) is 10.1. The van der Waals surface area contributed by atoms with Crippen molar-refractivity contribution in [3.63, 3.8) is 0 Å². The fourth-order valence-corrected chi connectivity index (χ4v) is 3.77. The Morgan fingerprint density at radius 1 is 0.781 bits per heavy atom. The molecule has 7 heteroatoms. The third-order valence-electron chi connectivity index (χ3n) is 5.37. The molecule has 0 saturated carbocycles. The zero-order valence-corrected chi connectivity index (χ0v) is 17.8. The summed E-state index contributed by atoms with van der Waals surface area (Å²) in [7, 11) is 3.08. The van der Waals surface area contributed by atoms with E-state index in [1.165, 1.54) is 12.0 Å². The quantitative estimate of drug-likeness (QED) is 0.536. The summed E-state index contributed by atoms with van der Waals surface area (Å²) in [5.41, 5.74) is 1.91. The van der Waals surface area contributed by atoms with Gasteiger partial charge in [0.15, 0.2) is 0 Å².